The van der Waals surface area contributed by atoms with Crippen LogP contribution in [0.4, 0.5) is 0 Å². The predicted octanol–water partition coefficient (Wildman–Crippen LogP) is 1.87. The summed E-state index contributed by atoms with van der Waals surface area (Å²) in [6.45, 7) is 4.22. The molecule has 1 N–H and O–H groups in total. The van der Waals surface area contributed by atoms with E-state index < -0.39 is 5.97 Å². The summed E-state index contributed by atoms with van der Waals surface area (Å²) in [5.41, 5.74) is 0.360. The van der Waals surface area contributed by atoms with Crippen LogP contribution in [-0.2, 0) is 6.54 Å². The number of nitrogens with zero attached hydrogens (tertiary/aromatic N) is 2. The maximum Gasteiger partial charge on any atom is 0.346 e. The lowest BCUT2D eigenvalue weighted by atomic mass is 10.2. The second-order valence-electron chi connectivity index (χ2n) is 3.78. The summed E-state index contributed by atoms with van der Waals surface area (Å²) >= 11 is 1.05. The van der Waals surface area contributed by atoms with Crippen molar-refractivity contribution < 1.29 is 9.90 Å². The Morgan fingerprint density at radius 1 is 1.59 bits per heavy atom. The minimum absolute atomic E-state index is 0.155. The number of rotatable bonds is 3. The number of aromatic nitrogens is 2. The summed E-state index contributed by atoms with van der Waals surface area (Å²) in [7, 11) is 0. The predicted molar refractivity (Wildman–Crippen MR) is 65.9 cm³/mol. The smallest absolute Gasteiger partial charge is 0.346 e. The Balaban J connectivity index is 2.77. The highest BCUT2D eigenvalue weighted by atomic mass is 32.1. The van der Waals surface area contributed by atoms with Gasteiger partial charge in [-0.15, -0.1) is 11.3 Å². The summed E-state index contributed by atoms with van der Waals surface area (Å²) in [6.07, 6.45) is 2.32. The van der Waals surface area contributed by atoms with E-state index in [0.717, 1.165) is 17.8 Å². The first-order valence-electron chi connectivity index (χ1n) is 5.28. The van der Waals surface area contributed by atoms with Crippen molar-refractivity contribution in [3.05, 3.63) is 27.1 Å². The van der Waals surface area contributed by atoms with E-state index >= 15 is 0 Å². The van der Waals surface area contributed by atoms with Gasteiger partial charge in [-0.25, -0.2) is 9.78 Å². The molecule has 0 aromatic carbocycles. The molecule has 17 heavy (non-hydrogen) atoms. The molecule has 0 atom stereocenters. The summed E-state index contributed by atoms with van der Waals surface area (Å²) in [4.78, 5) is 27.9. The van der Waals surface area contributed by atoms with Crippen molar-refractivity contribution in [2.75, 3.05) is 0 Å². The summed E-state index contributed by atoms with van der Waals surface area (Å²) in [6, 6.07) is 0. The van der Waals surface area contributed by atoms with E-state index in [9.17, 15) is 9.59 Å². The van der Waals surface area contributed by atoms with E-state index in [1.54, 1.807) is 6.92 Å². The van der Waals surface area contributed by atoms with Crippen LogP contribution in [0.25, 0.3) is 10.2 Å². The van der Waals surface area contributed by atoms with Crippen LogP contribution in [0.15, 0.2) is 11.1 Å². The Hall–Kier alpha value is -1.69. The quantitative estimate of drug-likeness (QED) is 0.905. The lowest BCUT2D eigenvalue weighted by Crippen LogP contribution is -2.20. The molecule has 2 rings (SSSR count). The molecule has 0 radical (unpaired) electrons. The van der Waals surface area contributed by atoms with E-state index in [2.05, 4.69) is 4.98 Å². The van der Waals surface area contributed by atoms with E-state index in [-0.39, 0.29) is 10.4 Å². The Kier molecular flexibility index (Phi) is 2.97. The molecule has 0 spiro atoms. The van der Waals surface area contributed by atoms with Crippen LogP contribution in [0, 0.1) is 6.92 Å². The zero-order valence-electron chi connectivity index (χ0n) is 9.56. The molecule has 5 nitrogen and oxygen atoms in total. The molecule has 6 heteroatoms. The van der Waals surface area contributed by atoms with Gasteiger partial charge in [-0.05, 0) is 18.9 Å². The second kappa shape index (κ2) is 4.29. The summed E-state index contributed by atoms with van der Waals surface area (Å²) < 4.78 is 1.52. The van der Waals surface area contributed by atoms with Gasteiger partial charge in [0.15, 0.2) is 0 Å². The molecule has 2 aromatic heterocycles. The van der Waals surface area contributed by atoms with Gasteiger partial charge in [0, 0.05) is 6.54 Å². The number of hydrogen-bond donors (Lipinski definition) is 1. The fourth-order valence-corrected chi connectivity index (χ4v) is 2.74. The van der Waals surface area contributed by atoms with Crippen molar-refractivity contribution in [2.24, 2.45) is 0 Å². The van der Waals surface area contributed by atoms with Gasteiger partial charge in [-0.3, -0.25) is 9.36 Å². The molecule has 0 bridgehead atoms. The zero-order valence-corrected chi connectivity index (χ0v) is 10.4. The standard InChI is InChI=1S/C11H12N2O3S/c1-3-4-13-5-12-9-7(10(13)14)6(2)8(17-9)11(15)16/h5H,3-4H2,1-2H3,(H,15,16). The maximum absolute atomic E-state index is 12.1. The van der Waals surface area contributed by atoms with Crippen molar-refractivity contribution in [1.29, 1.82) is 0 Å². The van der Waals surface area contributed by atoms with Crippen LogP contribution in [0.1, 0.15) is 28.6 Å². The minimum Gasteiger partial charge on any atom is -0.477 e. The van der Waals surface area contributed by atoms with Crippen molar-refractivity contribution in [1.82, 2.24) is 9.55 Å². The van der Waals surface area contributed by atoms with Gasteiger partial charge in [0.25, 0.3) is 5.56 Å². The molecular weight excluding hydrogens is 240 g/mol. The monoisotopic (exact) mass is 252 g/mol. The van der Waals surface area contributed by atoms with Crippen LogP contribution < -0.4 is 5.56 Å². The minimum atomic E-state index is -1.01. The molecular formula is C11H12N2O3S. The number of thiophene rings is 1. The van der Waals surface area contributed by atoms with Crippen LogP contribution >= 0.6 is 11.3 Å². The number of fused-ring (bicyclic) bond motifs is 1. The zero-order chi connectivity index (χ0) is 12.6. The first-order valence-corrected chi connectivity index (χ1v) is 6.09. The largest absolute Gasteiger partial charge is 0.477 e. The fraction of sp³-hybridized carbons (Fsp3) is 0.364. The van der Waals surface area contributed by atoms with Crippen LogP contribution in [0.5, 0.6) is 0 Å². The number of carbonyl (C=O) groups is 1. The van der Waals surface area contributed by atoms with Gasteiger partial charge in [-0.2, -0.15) is 0 Å². The Bertz CT molecular complexity index is 642. The van der Waals surface area contributed by atoms with Crippen LogP contribution in [0.3, 0.4) is 0 Å². The van der Waals surface area contributed by atoms with Crippen molar-refractivity contribution >= 4 is 27.5 Å². The Morgan fingerprint density at radius 3 is 2.88 bits per heavy atom. The molecule has 0 unspecified atom stereocenters. The lowest BCUT2D eigenvalue weighted by molar-refractivity contribution is 0.0701. The first kappa shape index (κ1) is 11.8. The molecule has 0 saturated carbocycles. The molecule has 2 aromatic rings. The van der Waals surface area contributed by atoms with Crippen molar-refractivity contribution in [3.8, 4) is 0 Å². The highest BCUT2D eigenvalue weighted by molar-refractivity contribution is 7.20. The van der Waals surface area contributed by atoms with Gasteiger partial charge in [0.2, 0.25) is 0 Å². The molecule has 2 heterocycles. The number of carboxylic acid groups (broad SMARTS) is 1. The van der Waals surface area contributed by atoms with E-state index in [1.807, 2.05) is 6.92 Å². The van der Waals surface area contributed by atoms with Gasteiger partial charge in [-0.1, -0.05) is 6.92 Å². The molecule has 0 aliphatic rings. The highest BCUT2D eigenvalue weighted by Crippen LogP contribution is 2.26. The second-order valence-corrected chi connectivity index (χ2v) is 4.78. The van der Waals surface area contributed by atoms with Crippen molar-refractivity contribution in [2.45, 2.75) is 26.8 Å². The van der Waals surface area contributed by atoms with Crippen LogP contribution in [0.2, 0.25) is 0 Å². The average Bonchev–Trinajstić information content (AvgIpc) is 2.61. The Labute approximate surface area is 101 Å². The third kappa shape index (κ3) is 1.84. The maximum atomic E-state index is 12.1. The molecule has 0 fully saturated rings. The first-order chi connectivity index (χ1) is 8.06. The average molecular weight is 252 g/mol. The summed E-state index contributed by atoms with van der Waals surface area (Å²) in [5, 5.41) is 9.44. The number of hydrogen-bond acceptors (Lipinski definition) is 4. The topological polar surface area (TPSA) is 72.2 Å². The molecule has 0 aliphatic heterocycles. The lowest BCUT2D eigenvalue weighted by Gasteiger charge is -2.02. The summed E-state index contributed by atoms with van der Waals surface area (Å²) in [5.74, 6) is -1.01. The van der Waals surface area contributed by atoms with E-state index in [0.29, 0.717) is 22.3 Å². The van der Waals surface area contributed by atoms with Crippen molar-refractivity contribution in [3.63, 3.8) is 0 Å². The third-order valence-corrected chi connectivity index (χ3v) is 3.76. The SMILES string of the molecule is CCCn1cnc2sc(C(=O)O)c(C)c2c1=O. The van der Waals surface area contributed by atoms with E-state index in [4.69, 9.17) is 5.11 Å². The van der Waals surface area contributed by atoms with Gasteiger partial charge >= 0.3 is 5.97 Å². The van der Waals surface area contributed by atoms with Gasteiger partial charge < -0.3 is 5.11 Å². The van der Waals surface area contributed by atoms with E-state index in [1.165, 1.54) is 10.9 Å². The normalized spacial score (nSPS) is 10.9. The number of carboxylic acids is 1. The number of aryl methyl sites for hydroxylation is 2. The third-order valence-electron chi connectivity index (χ3n) is 2.58. The fourth-order valence-electron chi connectivity index (χ4n) is 1.76. The highest BCUT2D eigenvalue weighted by Gasteiger charge is 2.18. The number of aromatic carboxylic acids is 1. The van der Waals surface area contributed by atoms with Crippen LogP contribution in [-0.4, -0.2) is 20.6 Å². The Morgan fingerprint density at radius 2 is 2.29 bits per heavy atom. The molecule has 0 aliphatic carbocycles. The molecule has 90 valence electrons. The van der Waals surface area contributed by atoms with Gasteiger partial charge in [0.05, 0.1) is 11.7 Å². The molecule has 0 saturated heterocycles. The molecule has 0 amide bonds. The van der Waals surface area contributed by atoms with Gasteiger partial charge in [0.1, 0.15) is 9.71 Å².